The topological polar surface area (TPSA) is 61.6 Å². The zero-order valence-corrected chi connectivity index (χ0v) is 11.9. The van der Waals surface area contributed by atoms with E-state index in [1.165, 1.54) is 12.1 Å². The second-order valence-electron chi connectivity index (χ2n) is 5.36. The lowest BCUT2D eigenvalue weighted by atomic mass is 10.1. The summed E-state index contributed by atoms with van der Waals surface area (Å²) >= 11 is 0. The number of benzene rings is 1. The van der Waals surface area contributed by atoms with E-state index in [0.29, 0.717) is 23.7 Å². The predicted molar refractivity (Wildman–Crippen MR) is 75.4 cm³/mol. The maximum atomic E-state index is 13.9. The number of nitrogens with one attached hydrogen (secondary N) is 1. The number of halogens is 1. The zero-order chi connectivity index (χ0) is 14.7. The molecule has 6 heteroatoms. The lowest BCUT2D eigenvalue weighted by Crippen LogP contribution is -2.49. The number of amides is 1. The van der Waals surface area contributed by atoms with E-state index in [1.807, 2.05) is 0 Å². The Kier molecular flexibility index (Phi) is 4.69. The first-order valence-electron chi connectivity index (χ1n) is 6.73. The van der Waals surface area contributed by atoms with Crippen LogP contribution in [0.1, 0.15) is 22.8 Å². The van der Waals surface area contributed by atoms with Crippen molar-refractivity contribution in [3.63, 3.8) is 0 Å². The van der Waals surface area contributed by atoms with Crippen molar-refractivity contribution in [2.75, 3.05) is 26.7 Å². The summed E-state index contributed by atoms with van der Waals surface area (Å²) in [7, 11) is 2.08. The van der Waals surface area contributed by atoms with E-state index in [4.69, 9.17) is 5.84 Å². The van der Waals surface area contributed by atoms with Gasteiger partial charge in [0.2, 0.25) is 0 Å². The summed E-state index contributed by atoms with van der Waals surface area (Å²) in [5, 5.41) is 0. The third-order valence-corrected chi connectivity index (χ3v) is 3.78. The molecule has 1 amide bonds. The van der Waals surface area contributed by atoms with Crippen LogP contribution in [0.25, 0.3) is 0 Å². The summed E-state index contributed by atoms with van der Waals surface area (Å²) in [5.74, 6) is 4.41. The first-order valence-corrected chi connectivity index (χ1v) is 6.73. The van der Waals surface area contributed by atoms with Crippen LogP contribution in [-0.4, -0.2) is 48.4 Å². The van der Waals surface area contributed by atoms with Crippen molar-refractivity contribution in [3.05, 3.63) is 35.1 Å². The van der Waals surface area contributed by atoms with E-state index in [2.05, 4.69) is 29.2 Å². The van der Waals surface area contributed by atoms with Gasteiger partial charge in [0.25, 0.3) is 5.91 Å². The van der Waals surface area contributed by atoms with Crippen molar-refractivity contribution in [1.29, 1.82) is 0 Å². The molecule has 1 aromatic carbocycles. The molecule has 0 bridgehead atoms. The molecule has 0 saturated carbocycles. The van der Waals surface area contributed by atoms with Crippen molar-refractivity contribution < 1.29 is 9.18 Å². The van der Waals surface area contributed by atoms with Crippen LogP contribution in [0.15, 0.2) is 18.2 Å². The highest BCUT2D eigenvalue weighted by Crippen LogP contribution is 2.17. The van der Waals surface area contributed by atoms with Crippen LogP contribution in [0.4, 0.5) is 4.39 Å². The molecule has 0 radical (unpaired) electrons. The van der Waals surface area contributed by atoms with Gasteiger partial charge in [0.05, 0.1) is 0 Å². The monoisotopic (exact) mass is 280 g/mol. The van der Waals surface area contributed by atoms with Crippen LogP contribution >= 0.6 is 0 Å². The highest BCUT2D eigenvalue weighted by atomic mass is 19.1. The second kappa shape index (κ2) is 6.30. The van der Waals surface area contributed by atoms with Crippen molar-refractivity contribution in [1.82, 2.24) is 15.2 Å². The minimum atomic E-state index is -0.405. The normalized spacial score (nSPS) is 20.9. The Hall–Kier alpha value is -1.50. The molecule has 3 N–H and O–H groups in total. The molecule has 2 rings (SSSR count). The molecule has 110 valence electrons. The summed E-state index contributed by atoms with van der Waals surface area (Å²) in [6.07, 6.45) is 0. The van der Waals surface area contributed by atoms with E-state index in [-0.39, 0.29) is 5.82 Å². The number of piperazine rings is 1. The van der Waals surface area contributed by atoms with E-state index < -0.39 is 5.91 Å². The van der Waals surface area contributed by atoms with Crippen LogP contribution in [0.2, 0.25) is 0 Å². The molecular formula is C14H21FN4O. The van der Waals surface area contributed by atoms with E-state index in [1.54, 1.807) is 6.07 Å². The maximum Gasteiger partial charge on any atom is 0.265 e. The molecule has 5 nitrogen and oxygen atoms in total. The van der Waals surface area contributed by atoms with E-state index in [0.717, 1.165) is 19.6 Å². The average Bonchev–Trinajstić information content (AvgIpc) is 2.43. The zero-order valence-electron chi connectivity index (χ0n) is 11.9. The number of nitrogen functional groups attached to an aromatic ring is 1. The van der Waals surface area contributed by atoms with Gasteiger partial charge in [-0.2, -0.15) is 0 Å². The minimum absolute atomic E-state index is 0.287. The fraction of sp³-hybridized carbons (Fsp3) is 0.500. The van der Waals surface area contributed by atoms with E-state index in [9.17, 15) is 9.18 Å². The van der Waals surface area contributed by atoms with Crippen molar-refractivity contribution in [2.24, 2.45) is 5.84 Å². The Morgan fingerprint density at radius 2 is 2.25 bits per heavy atom. The molecule has 1 heterocycles. The Labute approximate surface area is 118 Å². The molecule has 0 aliphatic carbocycles. The molecule has 0 spiro atoms. The first kappa shape index (κ1) is 14.9. The number of hydrogen-bond acceptors (Lipinski definition) is 4. The SMILES string of the molecule is CC1CN(C)CCN1Cc1cc(C(=O)NN)ccc1F. The Bertz CT molecular complexity index is 494. The van der Waals surface area contributed by atoms with Gasteiger partial charge < -0.3 is 4.90 Å². The molecule has 1 aromatic rings. The largest absolute Gasteiger partial charge is 0.304 e. The molecule has 1 atom stereocenters. The van der Waals surface area contributed by atoms with Gasteiger partial charge in [0.15, 0.2) is 0 Å². The van der Waals surface area contributed by atoms with Gasteiger partial charge in [-0.15, -0.1) is 0 Å². The van der Waals surface area contributed by atoms with Gasteiger partial charge in [0, 0.05) is 43.3 Å². The number of carbonyl (C=O) groups is 1. The molecule has 1 aliphatic heterocycles. The minimum Gasteiger partial charge on any atom is -0.304 e. The lowest BCUT2D eigenvalue weighted by Gasteiger charge is -2.38. The Morgan fingerprint density at radius 3 is 2.90 bits per heavy atom. The Balaban J connectivity index is 2.14. The van der Waals surface area contributed by atoms with Gasteiger partial charge >= 0.3 is 0 Å². The Morgan fingerprint density at radius 1 is 1.50 bits per heavy atom. The van der Waals surface area contributed by atoms with Crippen molar-refractivity contribution in [2.45, 2.75) is 19.5 Å². The lowest BCUT2D eigenvalue weighted by molar-refractivity contribution is 0.0924. The van der Waals surface area contributed by atoms with Gasteiger partial charge in [-0.05, 0) is 32.2 Å². The van der Waals surface area contributed by atoms with Crippen LogP contribution in [0.3, 0.4) is 0 Å². The highest BCUT2D eigenvalue weighted by Gasteiger charge is 2.22. The number of hydrazine groups is 1. The van der Waals surface area contributed by atoms with Crippen LogP contribution in [0.5, 0.6) is 0 Å². The highest BCUT2D eigenvalue weighted by molar-refractivity contribution is 5.93. The molecular weight excluding hydrogens is 259 g/mol. The smallest absolute Gasteiger partial charge is 0.265 e. The number of nitrogens with zero attached hydrogens (tertiary/aromatic N) is 2. The van der Waals surface area contributed by atoms with Crippen LogP contribution in [0, 0.1) is 5.82 Å². The van der Waals surface area contributed by atoms with E-state index >= 15 is 0 Å². The fourth-order valence-electron chi connectivity index (χ4n) is 2.55. The number of likely N-dealkylation sites (N-methyl/N-ethyl adjacent to an activating group) is 1. The van der Waals surface area contributed by atoms with Crippen LogP contribution < -0.4 is 11.3 Å². The van der Waals surface area contributed by atoms with Gasteiger partial charge in [-0.1, -0.05) is 0 Å². The molecule has 1 unspecified atom stereocenters. The van der Waals surface area contributed by atoms with Gasteiger partial charge in [0.1, 0.15) is 5.82 Å². The quantitative estimate of drug-likeness (QED) is 0.483. The maximum absolute atomic E-state index is 13.9. The summed E-state index contributed by atoms with van der Waals surface area (Å²) < 4.78 is 13.9. The average molecular weight is 280 g/mol. The van der Waals surface area contributed by atoms with Gasteiger partial charge in [-0.25, -0.2) is 10.2 Å². The molecule has 1 aliphatic rings. The molecule has 1 saturated heterocycles. The summed E-state index contributed by atoms with van der Waals surface area (Å²) in [4.78, 5) is 16.0. The van der Waals surface area contributed by atoms with Crippen LogP contribution in [-0.2, 0) is 6.54 Å². The van der Waals surface area contributed by atoms with Crippen molar-refractivity contribution in [3.8, 4) is 0 Å². The number of rotatable bonds is 3. The number of nitrogens with two attached hydrogens (primary N) is 1. The standard InChI is InChI=1S/C14H21FN4O/c1-10-8-18(2)5-6-19(10)9-12-7-11(14(20)17-16)3-4-13(12)15/h3-4,7,10H,5-6,8-9,16H2,1-2H3,(H,17,20). The molecule has 1 fully saturated rings. The summed E-state index contributed by atoms with van der Waals surface area (Å²) in [5.41, 5.74) is 2.97. The van der Waals surface area contributed by atoms with Gasteiger partial charge in [-0.3, -0.25) is 15.1 Å². The molecule has 0 aromatic heterocycles. The predicted octanol–water partition coefficient (Wildman–Crippen LogP) is 0.565. The van der Waals surface area contributed by atoms with Crippen molar-refractivity contribution >= 4 is 5.91 Å². The molecule has 20 heavy (non-hydrogen) atoms. The first-order chi connectivity index (χ1) is 9.51. The second-order valence-corrected chi connectivity index (χ2v) is 5.36. The summed E-state index contributed by atoms with van der Waals surface area (Å²) in [6.45, 7) is 5.46. The fourth-order valence-corrected chi connectivity index (χ4v) is 2.55. The summed E-state index contributed by atoms with van der Waals surface area (Å²) in [6, 6.07) is 4.69. The third-order valence-electron chi connectivity index (χ3n) is 3.78. The number of carbonyl (C=O) groups excluding carboxylic acids is 1. The number of hydrogen-bond donors (Lipinski definition) is 2. The third kappa shape index (κ3) is 3.33.